The average Bonchev–Trinajstić information content (AvgIpc) is 3.01. The van der Waals surface area contributed by atoms with Crippen LogP contribution in [0.3, 0.4) is 0 Å². The van der Waals surface area contributed by atoms with E-state index in [1.54, 1.807) is 6.07 Å². The Kier molecular flexibility index (Phi) is 7.14. The number of halogens is 4. The smallest absolute Gasteiger partial charge is 0.323 e. The lowest BCUT2D eigenvalue weighted by molar-refractivity contribution is -0.121. The van der Waals surface area contributed by atoms with Crippen LogP contribution in [-0.4, -0.2) is 36.4 Å². The highest BCUT2D eigenvalue weighted by atomic mass is 35.5. The molecule has 2 aromatic carbocycles. The van der Waals surface area contributed by atoms with E-state index in [0.717, 1.165) is 4.90 Å². The van der Waals surface area contributed by atoms with Crippen molar-refractivity contribution in [2.45, 2.75) is 34.2 Å². The number of hydrogen-bond donors (Lipinski definition) is 2. The Morgan fingerprint density at radius 2 is 1.73 bits per heavy atom. The molecule has 0 saturated carbocycles. The van der Waals surface area contributed by atoms with E-state index < -0.39 is 33.0 Å². The van der Waals surface area contributed by atoms with Gasteiger partial charge in [-0.15, -0.1) is 0 Å². The maximum atomic E-state index is 13.2. The van der Waals surface area contributed by atoms with Gasteiger partial charge in [0.25, 0.3) is 15.9 Å². The normalized spacial score (nSPS) is 18.1. The van der Waals surface area contributed by atoms with Gasteiger partial charge >= 0.3 is 11.5 Å². The minimum atomic E-state index is -4.46. The molecular formula is C23H18ClF3N4O4S2. The highest BCUT2D eigenvalue weighted by molar-refractivity contribution is 8.00. The number of nitrogens with zero attached hydrogens (tertiary/aromatic N) is 2. The molecule has 1 aromatic heterocycles. The molecule has 14 heteroatoms. The number of nitrogens with one attached hydrogen (secondary N) is 2. The predicted molar refractivity (Wildman–Crippen MR) is 133 cm³/mol. The van der Waals surface area contributed by atoms with Crippen LogP contribution in [0.25, 0.3) is 0 Å². The summed E-state index contributed by atoms with van der Waals surface area (Å²) >= 11 is 5.50. The van der Waals surface area contributed by atoms with E-state index in [2.05, 4.69) is 15.0 Å². The van der Waals surface area contributed by atoms with E-state index in [9.17, 15) is 31.2 Å². The molecule has 0 spiro atoms. The summed E-state index contributed by atoms with van der Waals surface area (Å²) < 4.78 is 65.4. The van der Waals surface area contributed by atoms with Crippen molar-refractivity contribution in [2.24, 2.45) is 0 Å². The number of carbonyl (C=O) groups is 2. The van der Waals surface area contributed by atoms with Crippen LogP contribution < -0.4 is 14.9 Å². The van der Waals surface area contributed by atoms with Gasteiger partial charge in [-0.2, -0.15) is 13.2 Å². The van der Waals surface area contributed by atoms with Crippen LogP contribution in [-0.2, 0) is 21.2 Å². The second-order valence-corrected chi connectivity index (χ2v) is 11.5. The largest absolute Gasteiger partial charge is 0.446 e. The van der Waals surface area contributed by atoms with Gasteiger partial charge in [0, 0.05) is 22.5 Å². The molecule has 2 N–H and O–H groups in total. The van der Waals surface area contributed by atoms with Crippen molar-refractivity contribution in [2.75, 3.05) is 9.62 Å². The zero-order valence-electron chi connectivity index (χ0n) is 18.9. The van der Waals surface area contributed by atoms with E-state index in [4.69, 9.17) is 11.6 Å². The number of alkyl halides is 3. The van der Waals surface area contributed by atoms with Crippen molar-refractivity contribution in [1.29, 1.82) is 0 Å². The highest BCUT2D eigenvalue weighted by Gasteiger charge is 2.48. The van der Waals surface area contributed by atoms with Crippen molar-refractivity contribution in [3.63, 3.8) is 0 Å². The minimum Gasteiger partial charge on any atom is -0.323 e. The molecule has 1 atom stereocenters. The third kappa shape index (κ3) is 6.17. The van der Waals surface area contributed by atoms with Gasteiger partial charge in [-0.1, -0.05) is 11.6 Å². The average molecular weight is 571 g/mol. The number of sulfonamides is 1. The Balaban J connectivity index is 1.51. The summed E-state index contributed by atoms with van der Waals surface area (Å²) in [5.74, 6) is -0.615. The number of rotatable bonds is 7. The Hall–Kier alpha value is -3.29. The molecule has 0 bridgehead atoms. The fraction of sp³-hybridized carbons (Fsp3) is 0.174. The van der Waals surface area contributed by atoms with Gasteiger partial charge < -0.3 is 5.32 Å². The zero-order valence-corrected chi connectivity index (χ0v) is 21.3. The number of thioether (sulfide) groups is 1. The molecule has 8 nitrogen and oxygen atoms in total. The van der Waals surface area contributed by atoms with Crippen LogP contribution in [0.1, 0.15) is 12.5 Å². The summed E-state index contributed by atoms with van der Waals surface area (Å²) in [7, 11) is -3.96. The summed E-state index contributed by atoms with van der Waals surface area (Å²) in [4.78, 5) is 30.6. The number of hydrogen-bond acceptors (Lipinski definition) is 6. The Morgan fingerprint density at radius 1 is 1.08 bits per heavy atom. The molecule has 37 heavy (non-hydrogen) atoms. The molecule has 0 radical (unpaired) electrons. The number of carbonyl (C=O) groups excluding carboxylic acids is 2. The molecule has 1 unspecified atom stereocenters. The summed E-state index contributed by atoms with van der Waals surface area (Å²) in [5.41, 5.74) is -5.25. The number of aromatic nitrogens is 1. The number of pyridine rings is 1. The van der Waals surface area contributed by atoms with Crippen LogP contribution in [0, 0.1) is 0 Å². The third-order valence-electron chi connectivity index (χ3n) is 5.33. The van der Waals surface area contributed by atoms with Crippen molar-refractivity contribution in [1.82, 2.24) is 10.3 Å². The fourth-order valence-corrected chi connectivity index (χ4v) is 5.36. The van der Waals surface area contributed by atoms with Crippen LogP contribution >= 0.6 is 23.4 Å². The van der Waals surface area contributed by atoms with E-state index in [0.29, 0.717) is 10.6 Å². The Labute approximate surface area is 219 Å². The number of amides is 3. The lowest BCUT2D eigenvalue weighted by Crippen LogP contribution is -2.46. The fourth-order valence-electron chi connectivity index (χ4n) is 3.69. The van der Waals surface area contributed by atoms with Crippen molar-refractivity contribution in [3.05, 3.63) is 77.4 Å². The predicted octanol–water partition coefficient (Wildman–Crippen LogP) is 5.21. The highest BCUT2D eigenvalue weighted by Crippen LogP contribution is 2.38. The molecule has 3 aromatic rings. The second-order valence-electron chi connectivity index (χ2n) is 8.23. The molecule has 0 aliphatic carbocycles. The first-order chi connectivity index (χ1) is 17.3. The third-order valence-corrected chi connectivity index (χ3v) is 7.70. The van der Waals surface area contributed by atoms with Gasteiger partial charge in [0.05, 0.1) is 10.6 Å². The van der Waals surface area contributed by atoms with Crippen molar-refractivity contribution in [3.8, 4) is 0 Å². The van der Waals surface area contributed by atoms with Crippen LogP contribution in [0.4, 0.5) is 29.5 Å². The monoisotopic (exact) mass is 570 g/mol. The molecule has 4 rings (SSSR count). The van der Waals surface area contributed by atoms with Gasteiger partial charge in [-0.25, -0.2) is 23.1 Å². The molecular weight excluding hydrogens is 553 g/mol. The first-order valence-electron chi connectivity index (χ1n) is 10.5. The quantitative estimate of drug-likeness (QED) is 0.298. The number of imide groups is 1. The zero-order chi connectivity index (χ0) is 27.0. The van der Waals surface area contributed by atoms with Gasteiger partial charge in [0.2, 0.25) is 0 Å². The number of anilines is 2. The van der Waals surface area contributed by atoms with Gasteiger partial charge in [0.1, 0.15) is 11.4 Å². The van der Waals surface area contributed by atoms with E-state index in [1.165, 1.54) is 67.7 Å². The van der Waals surface area contributed by atoms with E-state index >= 15 is 0 Å². The molecule has 1 aliphatic rings. The van der Waals surface area contributed by atoms with Crippen molar-refractivity contribution >= 4 is 56.8 Å². The first-order valence-corrected chi connectivity index (χ1v) is 13.2. The maximum Gasteiger partial charge on any atom is 0.446 e. The van der Waals surface area contributed by atoms with E-state index in [1.807, 2.05) is 0 Å². The summed E-state index contributed by atoms with van der Waals surface area (Å²) in [6.45, 7) is 1.50. The SMILES string of the molecule is CC1(Cc2ccnc(NS(=O)(=O)c3ccc(Cl)cc3)c2)NC(=O)N(c2ccc(SC(F)(F)F)cc2)C1=O. The van der Waals surface area contributed by atoms with Crippen LogP contribution in [0.5, 0.6) is 0 Å². The minimum absolute atomic E-state index is 0.00225. The standard InChI is InChI=1S/C23H18ClF3N4O4S2/c1-22(20(32)31(21(33)29-22)16-4-6-17(7-5-16)36-23(25,26)27)13-14-10-11-28-19(12-14)30-37(34,35)18-8-2-15(24)3-9-18/h2-12H,13H2,1H3,(H,28,30)(H,29,33). The lowest BCUT2D eigenvalue weighted by atomic mass is 9.93. The topological polar surface area (TPSA) is 108 Å². The van der Waals surface area contributed by atoms with Gasteiger partial charge in [-0.3, -0.25) is 9.52 Å². The summed E-state index contributed by atoms with van der Waals surface area (Å²) in [6.07, 6.45) is 1.35. The van der Waals surface area contributed by atoms with Gasteiger partial charge in [-0.05, 0) is 84.9 Å². The Morgan fingerprint density at radius 3 is 2.35 bits per heavy atom. The molecule has 3 amide bonds. The first kappa shape index (κ1) is 26.8. The molecule has 2 heterocycles. The number of benzene rings is 2. The second kappa shape index (κ2) is 9.88. The van der Waals surface area contributed by atoms with Gasteiger partial charge in [0.15, 0.2) is 0 Å². The van der Waals surface area contributed by atoms with Crippen LogP contribution in [0.2, 0.25) is 5.02 Å². The summed E-state index contributed by atoms with van der Waals surface area (Å²) in [6, 6.07) is 12.7. The molecule has 1 fully saturated rings. The molecule has 194 valence electrons. The number of urea groups is 1. The maximum absolute atomic E-state index is 13.2. The Bertz CT molecular complexity index is 1450. The lowest BCUT2D eigenvalue weighted by Gasteiger charge is -2.22. The van der Waals surface area contributed by atoms with Crippen LogP contribution in [0.15, 0.2) is 76.7 Å². The summed E-state index contributed by atoms with van der Waals surface area (Å²) in [5, 5.41) is 2.99. The van der Waals surface area contributed by atoms with Crippen molar-refractivity contribution < 1.29 is 31.2 Å². The van der Waals surface area contributed by atoms with E-state index in [-0.39, 0.29) is 39.5 Å². The molecule has 1 saturated heterocycles. The molecule has 1 aliphatic heterocycles.